The highest BCUT2D eigenvalue weighted by atomic mass is 32.2. The zero-order chi connectivity index (χ0) is 10.8. The van der Waals surface area contributed by atoms with Crippen molar-refractivity contribution in [2.75, 3.05) is 5.75 Å². The summed E-state index contributed by atoms with van der Waals surface area (Å²) in [4.78, 5) is 10.8. The van der Waals surface area contributed by atoms with Gasteiger partial charge < -0.3 is 5.11 Å². The Morgan fingerprint density at radius 3 is 3.00 bits per heavy atom. The summed E-state index contributed by atoms with van der Waals surface area (Å²) in [7, 11) is 0. The predicted octanol–water partition coefficient (Wildman–Crippen LogP) is 1.78. The first-order chi connectivity index (χ1) is 7.16. The van der Waals surface area contributed by atoms with Crippen LogP contribution in [0.2, 0.25) is 0 Å². The van der Waals surface area contributed by atoms with E-state index in [1.807, 2.05) is 25.1 Å². The van der Waals surface area contributed by atoms with Gasteiger partial charge in [0.25, 0.3) is 0 Å². The monoisotopic (exact) mass is 223 g/mol. The summed E-state index contributed by atoms with van der Waals surface area (Å²) in [5.41, 5.74) is 2.38. The van der Waals surface area contributed by atoms with Crippen molar-refractivity contribution in [3.05, 3.63) is 35.4 Å². The van der Waals surface area contributed by atoms with E-state index in [4.69, 9.17) is 5.11 Å². The lowest BCUT2D eigenvalue weighted by Crippen LogP contribution is -2.30. The molecule has 1 aromatic rings. The van der Waals surface area contributed by atoms with Crippen LogP contribution in [0.15, 0.2) is 24.3 Å². The van der Waals surface area contributed by atoms with Crippen molar-refractivity contribution in [1.29, 1.82) is 0 Å². The molecule has 15 heavy (non-hydrogen) atoms. The van der Waals surface area contributed by atoms with Crippen molar-refractivity contribution in [2.24, 2.45) is 0 Å². The maximum atomic E-state index is 10.8. The largest absolute Gasteiger partial charge is 0.479 e. The lowest BCUT2D eigenvalue weighted by molar-refractivity contribution is -0.136. The molecule has 2 rings (SSSR count). The van der Waals surface area contributed by atoms with Crippen LogP contribution < -0.4 is 5.32 Å². The van der Waals surface area contributed by atoms with Crippen molar-refractivity contribution in [3.63, 3.8) is 0 Å². The first-order valence-corrected chi connectivity index (χ1v) is 5.89. The maximum absolute atomic E-state index is 10.8. The maximum Gasteiger partial charge on any atom is 0.331 e. The highest BCUT2D eigenvalue weighted by Gasteiger charge is 2.30. The van der Waals surface area contributed by atoms with Gasteiger partial charge in [0.2, 0.25) is 0 Å². The molecule has 0 aliphatic carbocycles. The Kier molecular flexibility index (Phi) is 2.98. The molecule has 0 spiro atoms. The highest BCUT2D eigenvalue weighted by Crippen LogP contribution is 2.29. The summed E-state index contributed by atoms with van der Waals surface area (Å²) < 4.78 is 0. The van der Waals surface area contributed by atoms with E-state index in [1.165, 1.54) is 22.9 Å². The fraction of sp³-hybridized carbons (Fsp3) is 0.364. The van der Waals surface area contributed by atoms with Gasteiger partial charge in [-0.25, -0.2) is 4.79 Å². The van der Waals surface area contributed by atoms with Gasteiger partial charge in [0.1, 0.15) is 0 Å². The normalized spacial score (nSPS) is 25.4. The molecule has 1 heterocycles. The summed E-state index contributed by atoms with van der Waals surface area (Å²) in [6.07, 6.45) is 0. The van der Waals surface area contributed by atoms with Crippen molar-refractivity contribution >= 4 is 17.7 Å². The second kappa shape index (κ2) is 4.24. The molecule has 2 atom stereocenters. The molecule has 4 heteroatoms. The van der Waals surface area contributed by atoms with Gasteiger partial charge in [-0.2, -0.15) is 0 Å². The average molecular weight is 223 g/mol. The van der Waals surface area contributed by atoms with Crippen LogP contribution in [0.5, 0.6) is 0 Å². The van der Waals surface area contributed by atoms with E-state index >= 15 is 0 Å². The zero-order valence-corrected chi connectivity index (χ0v) is 9.25. The number of aryl methyl sites for hydroxylation is 1. The Hall–Kier alpha value is -1.00. The van der Waals surface area contributed by atoms with Gasteiger partial charge in [-0.1, -0.05) is 29.8 Å². The number of benzene rings is 1. The molecule has 0 amide bonds. The molecular weight excluding hydrogens is 210 g/mol. The van der Waals surface area contributed by atoms with E-state index in [0.29, 0.717) is 0 Å². The third-order valence-corrected chi connectivity index (χ3v) is 3.65. The molecule has 80 valence electrons. The highest BCUT2D eigenvalue weighted by molar-refractivity contribution is 8.00. The number of aliphatic carboxylic acids is 1. The molecular formula is C11H13NO2S. The standard InChI is InChI=1S/C11H13NO2S/c1-7-3-2-4-8(5-7)9-6-15-10(12-9)11(13)14/h2-5,9-10,12H,6H2,1H3,(H,13,14)/t9-,10-/m0/s1. The van der Waals surface area contributed by atoms with Crippen molar-refractivity contribution in [3.8, 4) is 0 Å². The second-order valence-corrected chi connectivity index (χ2v) is 4.82. The summed E-state index contributed by atoms with van der Waals surface area (Å²) in [6.45, 7) is 2.04. The number of thioether (sulfide) groups is 1. The van der Waals surface area contributed by atoms with Crippen molar-refractivity contribution in [2.45, 2.75) is 18.3 Å². The van der Waals surface area contributed by atoms with Crippen LogP contribution in [0.25, 0.3) is 0 Å². The molecule has 1 aliphatic heterocycles. The van der Waals surface area contributed by atoms with Crippen LogP contribution in [0.3, 0.4) is 0 Å². The third kappa shape index (κ3) is 2.33. The van der Waals surface area contributed by atoms with Gasteiger partial charge in [-0.15, -0.1) is 11.8 Å². The Morgan fingerprint density at radius 1 is 1.60 bits per heavy atom. The quantitative estimate of drug-likeness (QED) is 0.802. The van der Waals surface area contributed by atoms with Gasteiger partial charge in [-0.3, -0.25) is 5.32 Å². The minimum atomic E-state index is -0.782. The first kappa shape index (κ1) is 10.5. The van der Waals surface area contributed by atoms with Gasteiger partial charge in [0.15, 0.2) is 5.37 Å². The van der Waals surface area contributed by atoms with Gasteiger partial charge >= 0.3 is 5.97 Å². The lowest BCUT2D eigenvalue weighted by Gasteiger charge is -2.11. The van der Waals surface area contributed by atoms with Crippen molar-refractivity contribution in [1.82, 2.24) is 5.32 Å². The van der Waals surface area contributed by atoms with Crippen LogP contribution in [0.1, 0.15) is 17.2 Å². The SMILES string of the molecule is Cc1cccc([C@@H]2CS[C@@H](C(=O)O)N2)c1. The van der Waals surface area contributed by atoms with E-state index in [-0.39, 0.29) is 6.04 Å². The topological polar surface area (TPSA) is 49.3 Å². The molecule has 3 nitrogen and oxygen atoms in total. The van der Waals surface area contributed by atoms with Crippen LogP contribution >= 0.6 is 11.8 Å². The van der Waals surface area contributed by atoms with E-state index in [9.17, 15) is 4.79 Å². The van der Waals surface area contributed by atoms with E-state index in [1.54, 1.807) is 0 Å². The number of rotatable bonds is 2. The predicted molar refractivity (Wildman–Crippen MR) is 60.9 cm³/mol. The summed E-state index contributed by atoms with van der Waals surface area (Å²) in [5.74, 6) is 0.0376. The molecule has 0 radical (unpaired) electrons. The number of carboxylic acid groups (broad SMARTS) is 1. The van der Waals surface area contributed by atoms with Crippen LogP contribution in [0, 0.1) is 6.92 Å². The smallest absolute Gasteiger partial charge is 0.331 e. The number of hydrogen-bond donors (Lipinski definition) is 2. The lowest BCUT2D eigenvalue weighted by atomic mass is 10.1. The molecule has 1 saturated heterocycles. The first-order valence-electron chi connectivity index (χ1n) is 4.84. The Balaban J connectivity index is 2.11. The number of carboxylic acids is 1. The molecule has 0 unspecified atom stereocenters. The third-order valence-electron chi connectivity index (χ3n) is 2.45. The molecule has 0 bridgehead atoms. The number of hydrogen-bond acceptors (Lipinski definition) is 3. The van der Waals surface area contributed by atoms with Crippen LogP contribution in [-0.4, -0.2) is 22.2 Å². The zero-order valence-electron chi connectivity index (χ0n) is 8.43. The summed E-state index contributed by atoms with van der Waals surface area (Å²) in [6, 6.07) is 8.35. The summed E-state index contributed by atoms with van der Waals surface area (Å²) in [5, 5.41) is 11.5. The average Bonchev–Trinajstić information content (AvgIpc) is 2.66. The van der Waals surface area contributed by atoms with E-state index in [2.05, 4.69) is 11.4 Å². The molecule has 0 aromatic heterocycles. The fourth-order valence-corrected chi connectivity index (χ4v) is 2.77. The van der Waals surface area contributed by atoms with E-state index < -0.39 is 11.3 Å². The number of carbonyl (C=O) groups is 1. The Labute approximate surface area is 92.9 Å². The Bertz CT molecular complexity index is 381. The van der Waals surface area contributed by atoms with Gasteiger partial charge in [-0.05, 0) is 12.5 Å². The molecule has 1 aliphatic rings. The van der Waals surface area contributed by atoms with Crippen LogP contribution in [-0.2, 0) is 4.79 Å². The second-order valence-electron chi connectivity index (χ2n) is 3.69. The fourth-order valence-electron chi connectivity index (χ4n) is 1.69. The Morgan fingerprint density at radius 2 is 2.40 bits per heavy atom. The molecule has 2 N–H and O–H groups in total. The molecule has 0 saturated carbocycles. The van der Waals surface area contributed by atoms with E-state index in [0.717, 1.165) is 5.75 Å². The van der Waals surface area contributed by atoms with Gasteiger partial charge in [0, 0.05) is 11.8 Å². The van der Waals surface area contributed by atoms with Crippen LogP contribution in [0.4, 0.5) is 0 Å². The molecule has 1 fully saturated rings. The number of nitrogens with one attached hydrogen (secondary N) is 1. The summed E-state index contributed by atoms with van der Waals surface area (Å²) >= 11 is 1.45. The minimum absolute atomic E-state index is 0.163. The van der Waals surface area contributed by atoms with Crippen molar-refractivity contribution < 1.29 is 9.90 Å². The minimum Gasteiger partial charge on any atom is -0.479 e. The molecule has 1 aromatic carbocycles. The van der Waals surface area contributed by atoms with Gasteiger partial charge in [0.05, 0.1) is 0 Å².